The summed E-state index contributed by atoms with van der Waals surface area (Å²) in [6.07, 6.45) is -16.0. The van der Waals surface area contributed by atoms with Crippen molar-refractivity contribution in [1.82, 2.24) is 19.6 Å². The van der Waals surface area contributed by atoms with Crippen LogP contribution in [0.2, 0.25) is 0 Å². The van der Waals surface area contributed by atoms with Gasteiger partial charge in [0.15, 0.2) is 23.1 Å². The van der Waals surface area contributed by atoms with Gasteiger partial charge in [-0.3, -0.25) is 38.4 Å². The summed E-state index contributed by atoms with van der Waals surface area (Å²) >= 11 is 0. The number of nitrogens with zero attached hydrogens (tertiary/aromatic N) is 4. The monoisotopic (exact) mass is 877 g/mol. The topological polar surface area (TPSA) is 150 Å². The molecule has 0 N–H and O–H groups in total. The Labute approximate surface area is 395 Å². The average molecular weight is 877 g/mol. The first-order valence-electron chi connectivity index (χ1n) is 30.3. The largest absolute Gasteiger partial charge is 0.332 e. The van der Waals surface area contributed by atoms with E-state index in [1.807, 2.05) is 6.92 Å². The van der Waals surface area contributed by atoms with Crippen molar-refractivity contribution in [1.29, 1.82) is 0 Å². The summed E-state index contributed by atoms with van der Waals surface area (Å²) < 4.78 is 140. The highest BCUT2D eigenvalue weighted by Crippen LogP contribution is 2.32. The summed E-state index contributed by atoms with van der Waals surface area (Å²) in [4.78, 5) is 99.8. The second-order valence-electron chi connectivity index (χ2n) is 15.8. The van der Waals surface area contributed by atoms with Crippen molar-refractivity contribution >= 4 is 46.8 Å². The average Bonchev–Trinajstić information content (AvgIpc) is 3.99. The lowest BCUT2D eigenvalue weighted by Crippen LogP contribution is -2.51. The van der Waals surface area contributed by atoms with E-state index in [1.54, 1.807) is 18.7 Å². The van der Waals surface area contributed by atoms with Gasteiger partial charge < -0.3 is 19.6 Å². The second kappa shape index (κ2) is 27.6. The molecule has 0 spiro atoms. The van der Waals surface area contributed by atoms with E-state index in [9.17, 15) is 38.4 Å². The number of likely N-dealkylation sites (tertiary alicyclic amines) is 4. The molecular weight excluding hydrogens is 773 g/mol. The van der Waals surface area contributed by atoms with Crippen LogP contribution in [0.5, 0.6) is 0 Å². The SMILES string of the molecule is [2H]C([2H])(C)C([2H])([2H])[C@@H]1CC(=O)N([C@@H](CC)C(C)=O)C1.[2H]C([2H])(C)C([2H])([2H])[C@]1([2H])CC(=O)N([C@@H](CC)C(C)=O)C1.[2H]C([2H])(C)C([2H])([2H])[C@]1([2H])CC(=O)N([C@](C)(C(C)=O)C([2H])([2H])C)C1.[2H]C([2H])(C)C[C@@H]1CC(=O)N([C@@H](CC)C(C)=O)C1. The van der Waals surface area contributed by atoms with Crippen LogP contribution in [0.4, 0.5) is 0 Å². The molecular formula is C49H86N4O8. The number of ketones is 4. The molecule has 4 aliphatic rings. The van der Waals surface area contributed by atoms with Gasteiger partial charge in [-0.05, 0) is 109 Å². The number of amides is 4. The van der Waals surface area contributed by atoms with Crippen LogP contribution in [0.25, 0.3) is 0 Å². The Bertz CT molecular complexity index is 2250. The highest BCUT2D eigenvalue weighted by molar-refractivity contribution is 5.92. The van der Waals surface area contributed by atoms with Crippen LogP contribution in [0.3, 0.4) is 0 Å². The first-order chi connectivity index (χ1) is 35.0. The molecule has 0 radical (unpaired) electrons. The molecule has 0 unspecified atom stereocenters. The van der Waals surface area contributed by atoms with Gasteiger partial charge in [0.25, 0.3) is 0 Å². The van der Waals surface area contributed by atoms with E-state index in [0.29, 0.717) is 38.6 Å². The van der Waals surface area contributed by atoms with Gasteiger partial charge in [0, 0.05) is 76.5 Å². The quantitative estimate of drug-likeness (QED) is 0.118. The number of rotatable bonds is 20. The Morgan fingerprint density at radius 2 is 0.934 bits per heavy atom. The van der Waals surface area contributed by atoms with Crippen LogP contribution >= 0.6 is 0 Å². The minimum absolute atomic E-state index is 0.0127. The van der Waals surface area contributed by atoms with Crippen molar-refractivity contribution in [2.24, 2.45) is 23.6 Å². The van der Waals surface area contributed by atoms with Gasteiger partial charge in [-0.15, -0.1) is 0 Å². The first kappa shape index (κ1) is 32.3. The lowest BCUT2D eigenvalue weighted by Gasteiger charge is -2.36. The molecule has 4 rings (SSSR count). The number of carbonyl (C=O) groups is 8. The molecule has 12 nitrogen and oxygen atoms in total. The van der Waals surface area contributed by atoms with Gasteiger partial charge in [0.2, 0.25) is 23.6 Å². The molecule has 0 aromatic heterocycles. The zero-order valence-electron chi connectivity index (χ0n) is 56.9. The normalized spacial score (nSPS) is 32.3. The smallest absolute Gasteiger partial charge is 0.223 e. The Balaban J connectivity index is 0.000000530. The van der Waals surface area contributed by atoms with Gasteiger partial charge in [0.05, 0.1) is 23.7 Å². The molecule has 8 atom stereocenters. The third kappa shape index (κ3) is 16.3. The van der Waals surface area contributed by atoms with Crippen LogP contribution in [-0.2, 0) is 38.4 Å². The van der Waals surface area contributed by atoms with Crippen molar-refractivity contribution < 1.29 is 63.0 Å². The Kier molecular flexibility index (Phi) is 14.6. The first-order valence-corrected chi connectivity index (χ1v) is 21.3. The standard InChI is InChI=1S/C13H23NO2.3C12H21NO2/c1-5-7-11-8-12(16)14(9-11)13(4,6-2)10(3)15;3*1-4-6-10-7-12(15)13(8-10)11(5-2)9(3)14/h11H,5-9H2,1-4H3;3*10-11H,4-8H2,1-3H3/t11-,13+;3*10-,11+/m1111/s1/i5D2,6D2,7D2,11D;4D2,6D2,10D;4D2,6D2;4D2. The molecule has 4 heterocycles. The zero-order valence-corrected chi connectivity index (χ0v) is 38.9. The lowest BCUT2D eigenvalue weighted by molar-refractivity contribution is -0.141. The van der Waals surface area contributed by atoms with Gasteiger partial charge in [0.1, 0.15) is 0 Å². The molecule has 0 saturated carbocycles. The number of hydrogen-bond acceptors (Lipinski definition) is 8. The van der Waals surface area contributed by atoms with Crippen molar-refractivity contribution in [3.05, 3.63) is 0 Å². The fraction of sp³-hybridized carbons (Fsp3) is 0.837. The van der Waals surface area contributed by atoms with E-state index in [2.05, 4.69) is 0 Å². The summed E-state index contributed by atoms with van der Waals surface area (Å²) in [5.74, 6) is -7.04. The maximum absolute atomic E-state index is 12.4. The lowest BCUT2D eigenvalue weighted by atomic mass is 9.92. The highest BCUT2D eigenvalue weighted by atomic mass is 16.2. The third-order valence-electron chi connectivity index (χ3n) is 11.3. The molecule has 0 aromatic carbocycles. The van der Waals surface area contributed by atoms with Gasteiger partial charge in [-0.2, -0.15) is 0 Å². The molecule has 12 heteroatoms. The van der Waals surface area contributed by atoms with Gasteiger partial charge in [-0.1, -0.05) is 80.9 Å². The third-order valence-corrected chi connectivity index (χ3v) is 11.3. The molecule has 61 heavy (non-hydrogen) atoms. The number of hydrogen-bond donors (Lipinski definition) is 0. The molecule has 0 aliphatic carbocycles. The number of Topliss-reactive ketones (excluding diaryl/α,β-unsaturated/α-hetero) is 4. The molecule has 4 amide bonds. The van der Waals surface area contributed by atoms with Crippen molar-refractivity contribution in [2.45, 2.75) is 216 Å². The van der Waals surface area contributed by atoms with Crippen LogP contribution in [0.15, 0.2) is 0 Å². The summed E-state index contributed by atoms with van der Waals surface area (Å²) in [6, 6.07) is -1.50. The summed E-state index contributed by atoms with van der Waals surface area (Å²) in [7, 11) is 0. The molecule has 4 fully saturated rings. The van der Waals surface area contributed by atoms with E-state index >= 15 is 0 Å². The van der Waals surface area contributed by atoms with Crippen molar-refractivity contribution in [3.63, 3.8) is 0 Å². The van der Waals surface area contributed by atoms with Crippen LogP contribution < -0.4 is 0 Å². The van der Waals surface area contributed by atoms with Crippen LogP contribution in [-0.4, -0.2) is 116 Å². The van der Waals surface area contributed by atoms with E-state index in [1.165, 1.54) is 51.3 Å². The van der Waals surface area contributed by atoms with E-state index < -0.39 is 123 Å². The maximum atomic E-state index is 12.4. The summed E-state index contributed by atoms with van der Waals surface area (Å²) in [6.45, 7) is 17.9. The molecule has 4 aliphatic heterocycles. The summed E-state index contributed by atoms with van der Waals surface area (Å²) in [5, 5.41) is 0. The minimum atomic E-state index is -2.65. The van der Waals surface area contributed by atoms with Crippen LogP contribution in [0.1, 0.15) is 217 Å². The predicted octanol–water partition coefficient (Wildman–Crippen LogP) is 8.40. The summed E-state index contributed by atoms with van der Waals surface area (Å²) in [5.41, 5.74) is -1.84. The van der Waals surface area contributed by atoms with E-state index in [0.717, 1.165) is 32.6 Å². The van der Waals surface area contributed by atoms with Crippen molar-refractivity contribution in [2.75, 3.05) is 26.2 Å². The van der Waals surface area contributed by atoms with Crippen LogP contribution in [0, 0.1) is 23.6 Å². The minimum Gasteiger partial charge on any atom is -0.332 e. The number of carbonyl (C=O) groups excluding carboxylic acids is 8. The molecule has 350 valence electrons. The maximum Gasteiger partial charge on any atom is 0.223 e. The van der Waals surface area contributed by atoms with E-state index in [-0.39, 0.29) is 60.6 Å². The molecule has 4 saturated heterocycles. The second-order valence-corrected chi connectivity index (χ2v) is 15.8. The molecule has 0 aromatic rings. The Hall–Kier alpha value is -3.44. The molecule has 0 bridgehead atoms. The fourth-order valence-electron chi connectivity index (χ4n) is 8.01. The Morgan fingerprint density at radius 1 is 0.557 bits per heavy atom. The fourth-order valence-corrected chi connectivity index (χ4v) is 8.01. The van der Waals surface area contributed by atoms with Crippen molar-refractivity contribution in [3.8, 4) is 0 Å². The Morgan fingerprint density at radius 3 is 1.31 bits per heavy atom. The predicted molar refractivity (Wildman–Crippen MR) is 243 cm³/mol. The van der Waals surface area contributed by atoms with E-state index in [4.69, 9.17) is 24.7 Å². The van der Waals surface area contributed by atoms with Gasteiger partial charge in [-0.25, -0.2) is 0 Å². The zero-order chi connectivity index (χ0) is 62.8. The van der Waals surface area contributed by atoms with Gasteiger partial charge >= 0.3 is 0 Å². The highest BCUT2D eigenvalue weighted by Gasteiger charge is 2.43.